The summed E-state index contributed by atoms with van der Waals surface area (Å²) < 4.78 is 13.9. The lowest BCUT2D eigenvalue weighted by molar-refractivity contribution is 0.631. The zero-order chi connectivity index (χ0) is 12.1. The second kappa shape index (κ2) is 5.50. The molecule has 0 saturated carbocycles. The summed E-state index contributed by atoms with van der Waals surface area (Å²) in [6.45, 7) is 0. The second-order valence-corrected chi connectivity index (χ2v) is 3.99. The number of rotatable bonds is 2. The van der Waals surface area contributed by atoms with E-state index in [0.29, 0.717) is 4.47 Å². The van der Waals surface area contributed by atoms with E-state index >= 15 is 0 Å². The average Bonchev–Trinajstić information content (AvgIpc) is 2.22. The van der Waals surface area contributed by atoms with Crippen LogP contribution in [-0.2, 0) is 0 Å². The normalized spacial score (nSPS) is 8.81. The molecule has 3 nitrogen and oxygen atoms in total. The lowest BCUT2D eigenvalue weighted by atomic mass is 10.3. The molecule has 1 rings (SSSR count). The Morgan fingerprint density at radius 2 is 2.06 bits per heavy atom. The maximum absolute atomic E-state index is 13.4. The van der Waals surface area contributed by atoms with E-state index in [9.17, 15) is 4.39 Å². The minimum Gasteiger partial charge on any atom is -0.356 e. The summed E-state index contributed by atoms with van der Waals surface area (Å²) in [6, 6.07) is 5.99. The Labute approximate surface area is 105 Å². The molecule has 0 aromatic heterocycles. The molecule has 0 bridgehead atoms. The van der Waals surface area contributed by atoms with Gasteiger partial charge < -0.3 is 5.32 Å². The van der Waals surface area contributed by atoms with Crippen LogP contribution in [0.4, 0.5) is 10.1 Å². The molecular weight excluding hydrogens is 296 g/mol. The molecule has 0 radical (unpaired) electrons. The Kier molecular flexibility index (Phi) is 4.30. The van der Waals surface area contributed by atoms with Gasteiger partial charge in [-0.1, -0.05) is 27.5 Å². The highest BCUT2D eigenvalue weighted by Crippen LogP contribution is 2.29. The number of nitrogens with zero attached hydrogens (tertiary/aromatic N) is 2. The number of benzene rings is 1. The van der Waals surface area contributed by atoms with E-state index in [1.807, 2.05) is 0 Å². The van der Waals surface area contributed by atoms with Gasteiger partial charge in [-0.3, -0.25) is 0 Å². The summed E-state index contributed by atoms with van der Waals surface area (Å²) in [5, 5.41) is 19.6. The third-order valence-electron chi connectivity index (χ3n) is 1.61. The van der Waals surface area contributed by atoms with Crippen LogP contribution in [0.1, 0.15) is 0 Å². The largest absolute Gasteiger partial charge is 0.356 e. The molecule has 80 valence electrons. The second-order valence-electron chi connectivity index (χ2n) is 2.67. The fraction of sp³-hybridized carbons (Fsp3) is 0. The predicted octanol–water partition coefficient (Wildman–Crippen LogP) is 3.58. The minimum absolute atomic E-state index is 0.0212. The van der Waals surface area contributed by atoms with Crippen molar-refractivity contribution in [3.63, 3.8) is 0 Å². The maximum atomic E-state index is 13.4. The quantitative estimate of drug-likeness (QED) is 0.849. The van der Waals surface area contributed by atoms with E-state index in [2.05, 4.69) is 21.2 Å². The van der Waals surface area contributed by atoms with Crippen molar-refractivity contribution in [3.8, 4) is 12.1 Å². The van der Waals surface area contributed by atoms with Crippen LogP contribution in [0.5, 0.6) is 0 Å². The van der Waals surface area contributed by atoms with Gasteiger partial charge in [-0.05, 0) is 12.1 Å². The first-order valence-electron chi connectivity index (χ1n) is 4.00. The molecule has 6 heteroatoms. The maximum Gasteiger partial charge on any atom is 0.149 e. The van der Waals surface area contributed by atoms with Gasteiger partial charge in [-0.15, -0.1) is 0 Å². The first-order chi connectivity index (χ1) is 7.58. The summed E-state index contributed by atoms with van der Waals surface area (Å²) >= 11 is 8.86. The summed E-state index contributed by atoms with van der Waals surface area (Å²) in [5.41, 5.74) is -0.147. The molecule has 1 aromatic rings. The van der Waals surface area contributed by atoms with Crippen molar-refractivity contribution in [2.75, 3.05) is 5.32 Å². The van der Waals surface area contributed by atoms with Crippen molar-refractivity contribution in [1.29, 1.82) is 10.5 Å². The molecule has 1 N–H and O–H groups in total. The number of hydrogen-bond donors (Lipinski definition) is 1. The zero-order valence-electron chi connectivity index (χ0n) is 7.76. The van der Waals surface area contributed by atoms with Gasteiger partial charge in [0.2, 0.25) is 0 Å². The fourth-order valence-electron chi connectivity index (χ4n) is 0.914. The molecule has 1 aromatic carbocycles. The number of allylic oxidation sites excluding steroid dienone is 1. The summed E-state index contributed by atoms with van der Waals surface area (Å²) in [7, 11) is 0. The summed E-state index contributed by atoms with van der Waals surface area (Å²) in [4.78, 5) is 0. The highest BCUT2D eigenvalue weighted by atomic mass is 79.9. The average molecular weight is 301 g/mol. The van der Waals surface area contributed by atoms with Crippen molar-refractivity contribution >= 4 is 33.2 Å². The van der Waals surface area contributed by atoms with E-state index < -0.39 is 5.82 Å². The van der Waals surface area contributed by atoms with Crippen molar-refractivity contribution in [1.82, 2.24) is 0 Å². The zero-order valence-corrected chi connectivity index (χ0v) is 10.1. The highest BCUT2D eigenvalue weighted by molar-refractivity contribution is 9.10. The van der Waals surface area contributed by atoms with Crippen LogP contribution in [0.2, 0.25) is 5.02 Å². The predicted molar refractivity (Wildman–Crippen MR) is 62.0 cm³/mol. The minimum atomic E-state index is -0.578. The van der Waals surface area contributed by atoms with Crippen molar-refractivity contribution in [3.05, 3.63) is 39.2 Å². The lowest BCUT2D eigenvalue weighted by Crippen LogP contribution is -1.94. The standard InChI is InChI=1S/C10H4BrClFN3/c11-7-1-8(12)10(9(13)2-7)16-5-6(3-14)4-15/h1-2,5,16H. The van der Waals surface area contributed by atoms with Crippen LogP contribution in [-0.4, -0.2) is 0 Å². The van der Waals surface area contributed by atoms with Crippen molar-refractivity contribution in [2.24, 2.45) is 0 Å². The Hall–Kier alpha value is -1.56. The molecule has 0 heterocycles. The van der Waals surface area contributed by atoms with Crippen LogP contribution < -0.4 is 5.32 Å². The molecule has 0 aliphatic rings. The third-order valence-corrected chi connectivity index (χ3v) is 2.36. The van der Waals surface area contributed by atoms with Gasteiger partial charge >= 0.3 is 0 Å². The van der Waals surface area contributed by atoms with E-state index in [0.717, 1.165) is 6.20 Å². The summed E-state index contributed by atoms with van der Waals surface area (Å²) in [6.07, 6.45) is 1.10. The lowest BCUT2D eigenvalue weighted by Gasteiger charge is -2.05. The molecular formula is C10H4BrClFN3. The number of nitriles is 2. The monoisotopic (exact) mass is 299 g/mol. The van der Waals surface area contributed by atoms with E-state index in [1.54, 1.807) is 12.1 Å². The van der Waals surface area contributed by atoms with Gasteiger partial charge in [0.1, 0.15) is 23.5 Å². The van der Waals surface area contributed by atoms with E-state index in [4.69, 9.17) is 22.1 Å². The van der Waals surface area contributed by atoms with Crippen molar-refractivity contribution in [2.45, 2.75) is 0 Å². The number of anilines is 1. The van der Waals surface area contributed by atoms with Gasteiger partial charge in [-0.25, -0.2) is 4.39 Å². The van der Waals surface area contributed by atoms with Gasteiger partial charge in [-0.2, -0.15) is 10.5 Å². The molecule has 0 aliphatic carbocycles. The van der Waals surface area contributed by atoms with Crippen molar-refractivity contribution < 1.29 is 4.39 Å². The topological polar surface area (TPSA) is 59.6 Å². The number of hydrogen-bond acceptors (Lipinski definition) is 3. The Balaban J connectivity index is 3.05. The fourth-order valence-corrected chi connectivity index (χ4v) is 1.74. The third kappa shape index (κ3) is 2.96. The smallest absolute Gasteiger partial charge is 0.149 e. The first-order valence-corrected chi connectivity index (χ1v) is 5.17. The summed E-state index contributed by atoms with van der Waals surface area (Å²) in [5.74, 6) is -0.578. The molecule has 0 atom stereocenters. The van der Waals surface area contributed by atoms with Gasteiger partial charge in [0.05, 0.1) is 10.7 Å². The van der Waals surface area contributed by atoms with E-state index in [1.165, 1.54) is 12.1 Å². The van der Waals surface area contributed by atoms with E-state index in [-0.39, 0.29) is 16.3 Å². The van der Waals surface area contributed by atoms with Crippen LogP contribution in [0, 0.1) is 28.5 Å². The van der Waals surface area contributed by atoms with Crippen LogP contribution in [0.3, 0.4) is 0 Å². The van der Waals surface area contributed by atoms with Crippen LogP contribution in [0.15, 0.2) is 28.4 Å². The number of nitrogens with one attached hydrogen (secondary N) is 1. The Morgan fingerprint density at radius 1 is 1.44 bits per heavy atom. The molecule has 0 spiro atoms. The van der Waals surface area contributed by atoms with Crippen LogP contribution >= 0.6 is 27.5 Å². The first kappa shape index (κ1) is 12.5. The SMILES string of the molecule is N#CC(C#N)=CNc1c(F)cc(Br)cc1Cl. The molecule has 0 amide bonds. The molecule has 0 aliphatic heterocycles. The van der Waals surface area contributed by atoms with Gasteiger partial charge in [0, 0.05) is 10.7 Å². The van der Waals surface area contributed by atoms with Gasteiger partial charge in [0.15, 0.2) is 0 Å². The highest BCUT2D eigenvalue weighted by Gasteiger charge is 2.07. The van der Waals surface area contributed by atoms with Gasteiger partial charge in [0.25, 0.3) is 0 Å². The molecule has 0 fully saturated rings. The number of halogens is 3. The molecule has 16 heavy (non-hydrogen) atoms. The van der Waals surface area contributed by atoms with Crippen LogP contribution in [0.25, 0.3) is 0 Å². The Morgan fingerprint density at radius 3 is 2.56 bits per heavy atom. The molecule has 0 unspecified atom stereocenters. The molecule has 0 saturated heterocycles. The Bertz CT molecular complexity index is 489.